The van der Waals surface area contributed by atoms with Crippen LogP contribution in [0.5, 0.6) is 0 Å². The Morgan fingerprint density at radius 1 is 1.06 bits per heavy atom. The second-order valence-electron chi connectivity index (χ2n) is 7.93. The fourth-order valence-electron chi connectivity index (χ4n) is 3.92. The van der Waals surface area contributed by atoms with Crippen LogP contribution in [0.2, 0.25) is 0 Å². The van der Waals surface area contributed by atoms with E-state index in [0.717, 1.165) is 88.9 Å². The van der Waals surface area contributed by atoms with E-state index in [4.69, 9.17) is 4.74 Å². The van der Waals surface area contributed by atoms with Crippen molar-refractivity contribution in [2.24, 2.45) is 4.99 Å². The smallest absolute Gasteiger partial charge is 0.205 e. The molecule has 9 heteroatoms. The molecule has 0 atom stereocenters. The molecule has 0 unspecified atom stereocenters. The molecule has 0 saturated carbocycles. The van der Waals surface area contributed by atoms with Crippen molar-refractivity contribution in [2.75, 3.05) is 64.4 Å². The number of aryl methyl sites for hydroxylation is 1. The molecule has 2 saturated heterocycles. The van der Waals surface area contributed by atoms with Gasteiger partial charge in [-0.05, 0) is 11.1 Å². The third-order valence-corrected chi connectivity index (χ3v) is 6.63. The van der Waals surface area contributed by atoms with Crippen molar-refractivity contribution >= 4 is 22.6 Å². The summed E-state index contributed by atoms with van der Waals surface area (Å²) in [5, 5.41) is 4.57. The summed E-state index contributed by atoms with van der Waals surface area (Å²) in [6.45, 7) is 11.3. The second kappa shape index (κ2) is 10.9. The molecule has 0 bridgehead atoms. The maximum Gasteiger partial charge on any atom is 0.205 e. The first-order chi connectivity index (χ1) is 15.2. The topological polar surface area (TPSA) is 69.1 Å². The van der Waals surface area contributed by atoms with E-state index in [0.29, 0.717) is 0 Å². The van der Waals surface area contributed by atoms with E-state index in [2.05, 4.69) is 65.6 Å². The van der Waals surface area contributed by atoms with Crippen LogP contribution in [0.1, 0.15) is 23.9 Å². The van der Waals surface area contributed by atoms with E-state index in [-0.39, 0.29) is 0 Å². The molecule has 1 N–H and O–H groups in total. The molecule has 0 aliphatic carbocycles. The Balaban J connectivity index is 1.24. The first-order valence-electron chi connectivity index (χ1n) is 11.2. The molecule has 1 aromatic heterocycles. The number of aromatic nitrogens is 2. The predicted molar refractivity (Wildman–Crippen MR) is 126 cm³/mol. The van der Waals surface area contributed by atoms with Gasteiger partial charge in [0, 0.05) is 77.4 Å². The predicted octanol–water partition coefficient (Wildman–Crippen LogP) is 1.83. The quantitative estimate of drug-likeness (QED) is 0.540. The molecular weight excluding hydrogens is 410 g/mol. The van der Waals surface area contributed by atoms with Crippen molar-refractivity contribution in [1.82, 2.24) is 24.5 Å². The molecule has 8 nitrogen and oxygen atoms in total. The number of aliphatic imine (C=N–C) groups is 1. The van der Waals surface area contributed by atoms with Crippen LogP contribution in [-0.4, -0.2) is 84.6 Å². The van der Waals surface area contributed by atoms with Crippen molar-refractivity contribution < 1.29 is 4.74 Å². The third-order valence-electron chi connectivity index (χ3n) is 5.82. The van der Waals surface area contributed by atoms with Crippen LogP contribution in [-0.2, 0) is 24.2 Å². The van der Waals surface area contributed by atoms with Crippen LogP contribution in [0, 0.1) is 0 Å². The van der Waals surface area contributed by atoms with Crippen molar-refractivity contribution in [3.8, 4) is 0 Å². The van der Waals surface area contributed by atoms with Gasteiger partial charge in [0.2, 0.25) is 5.13 Å². The summed E-state index contributed by atoms with van der Waals surface area (Å²) in [5.41, 5.74) is 2.63. The Morgan fingerprint density at radius 3 is 2.42 bits per heavy atom. The van der Waals surface area contributed by atoms with Gasteiger partial charge in [-0.1, -0.05) is 31.2 Å². The van der Waals surface area contributed by atoms with Crippen LogP contribution < -0.4 is 10.2 Å². The normalized spacial score (nSPS) is 18.5. The Morgan fingerprint density at radius 2 is 1.77 bits per heavy atom. The molecule has 0 radical (unpaired) electrons. The average Bonchev–Trinajstić information content (AvgIpc) is 3.31. The number of rotatable bonds is 6. The molecule has 31 heavy (non-hydrogen) atoms. The number of nitrogens with zero attached hydrogens (tertiary/aromatic N) is 6. The van der Waals surface area contributed by atoms with Gasteiger partial charge in [-0.3, -0.25) is 9.89 Å². The minimum atomic E-state index is 0.779. The zero-order valence-corrected chi connectivity index (χ0v) is 19.4. The summed E-state index contributed by atoms with van der Waals surface area (Å²) in [6, 6.07) is 8.91. The highest BCUT2D eigenvalue weighted by molar-refractivity contribution is 7.09. The second-order valence-corrected chi connectivity index (χ2v) is 8.66. The fraction of sp³-hybridized carbons (Fsp3) is 0.591. The first-order valence-corrected chi connectivity index (χ1v) is 11.9. The Bertz CT molecular complexity index is 840. The highest BCUT2D eigenvalue weighted by Crippen LogP contribution is 2.19. The SMILES string of the molecule is CCc1nsc(N2CCN(C(=NC)NCc3ccc(CN4CCOCC4)cc3)CC2)n1. The maximum absolute atomic E-state index is 5.43. The number of hydrogen-bond acceptors (Lipinski definition) is 7. The zero-order valence-electron chi connectivity index (χ0n) is 18.6. The van der Waals surface area contributed by atoms with Crippen molar-refractivity contribution in [1.29, 1.82) is 0 Å². The van der Waals surface area contributed by atoms with E-state index in [1.54, 1.807) is 0 Å². The number of piperazine rings is 1. The fourth-order valence-corrected chi connectivity index (χ4v) is 4.72. The molecule has 2 aliphatic heterocycles. The Hall–Kier alpha value is -2.23. The van der Waals surface area contributed by atoms with Crippen LogP contribution >= 0.6 is 11.5 Å². The Kier molecular flexibility index (Phi) is 7.71. The number of morpholine rings is 1. The molecule has 2 aromatic rings. The molecule has 0 amide bonds. The third kappa shape index (κ3) is 5.93. The number of guanidine groups is 1. The van der Waals surface area contributed by atoms with Crippen LogP contribution in [0.25, 0.3) is 0 Å². The maximum atomic E-state index is 5.43. The highest BCUT2D eigenvalue weighted by atomic mass is 32.1. The van der Waals surface area contributed by atoms with Gasteiger partial charge >= 0.3 is 0 Å². The standard InChI is InChI=1S/C22H33N7OS/c1-3-20-25-22(31-26-20)29-10-8-28(9-11-29)21(23-2)24-16-18-4-6-19(7-5-18)17-27-12-14-30-15-13-27/h4-7H,3,8-17H2,1-2H3,(H,23,24). The number of benzene rings is 1. The lowest BCUT2D eigenvalue weighted by Crippen LogP contribution is -2.52. The van der Waals surface area contributed by atoms with Gasteiger partial charge in [0.1, 0.15) is 5.82 Å². The molecule has 0 spiro atoms. The molecule has 4 rings (SSSR count). The van der Waals surface area contributed by atoms with Crippen molar-refractivity contribution in [2.45, 2.75) is 26.4 Å². The summed E-state index contributed by atoms with van der Waals surface area (Å²) in [7, 11) is 1.86. The average molecular weight is 444 g/mol. The highest BCUT2D eigenvalue weighted by Gasteiger charge is 2.22. The number of ether oxygens (including phenoxy) is 1. The summed E-state index contributed by atoms with van der Waals surface area (Å²) in [5.74, 6) is 1.90. The van der Waals surface area contributed by atoms with Gasteiger partial charge in [-0.15, -0.1) is 0 Å². The largest absolute Gasteiger partial charge is 0.379 e. The van der Waals surface area contributed by atoms with E-state index in [1.165, 1.54) is 22.7 Å². The van der Waals surface area contributed by atoms with E-state index in [1.807, 2.05) is 7.05 Å². The van der Waals surface area contributed by atoms with E-state index in [9.17, 15) is 0 Å². The molecular formula is C22H33N7OS. The number of anilines is 1. The minimum Gasteiger partial charge on any atom is -0.379 e. The molecule has 1 aromatic carbocycles. The van der Waals surface area contributed by atoms with Crippen LogP contribution in [0.15, 0.2) is 29.3 Å². The van der Waals surface area contributed by atoms with E-state index >= 15 is 0 Å². The van der Waals surface area contributed by atoms with Gasteiger partial charge < -0.3 is 19.9 Å². The molecule has 2 aliphatic rings. The molecule has 3 heterocycles. The summed E-state index contributed by atoms with van der Waals surface area (Å²) in [4.78, 5) is 16.2. The van der Waals surface area contributed by atoms with Gasteiger partial charge in [-0.25, -0.2) is 4.98 Å². The van der Waals surface area contributed by atoms with Gasteiger partial charge in [-0.2, -0.15) is 4.37 Å². The van der Waals surface area contributed by atoms with Crippen molar-refractivity contribution in [3.05, 3.63) is 41.2 Å². The lowest BCUT2D eigenvalue weighted by Gasteiger charge is -2.36. The van der Waals surface area contributed by atoms with Gasteiger partial charge in [0.05, 0.1) is 13.2 Å². The summed E-state index contributed by atoms with van der Waals surface area (Å²) >= 11 is 1.51. The van der Waals surface area contributed by atoms with Crippen LogP contribution in [0.3, 0.4) is 0 Å². The van der Waals surface area contributed by atoms with Gasteiger partial charge in [0.25, 0.3) is 0 Å². The van der Waals surface area contributed by atoms with Crippen LogP contribution in [0.4, 0.5) is 5.13 Å². The van der Waals surface area contributed by atoms with Crippen molar-refractivity contribution in [3.63, 3.8) is 0 Å². The summed E-state index contributed by atoms with van der Waals surface area (Å²) in [6.07, 6.45) is 0.890. The molecule has 2 fully saturated rings. The number of nitrogens with one attached hydrogen (secondary N) is 1. The Labute approximate surface area is 189 Å². The number of hydrogen-bond donors (Lipinski definition) is 1. The zero-order chi connectivity index (χ0) is 21.5. The minimum absolute atomic E-state index is 0.779. The monoisotopic (exact) mass is 443 g/mol. The molecule has 168 valence electrons. The lowest BCUT2D eigenvalue weighted by atomic mass is 10.1. The lowest BCUT2D eigenvalue weighted by molar-refractivity contribution is 0.0342. The summed E-state index contributed by atoms with van der Waals surface area (Å²) < 4.78 is 9.85. The van der Waals surface area contributed by atoms with Gasteiger partial charge in [0.15, 0.2) is 5.96 Å². The first kappa shape index (κ1) is 22.0. The van der Waals surface area contributed by atoms with E-state index < -0.39 is 0 Å².